The van der Waals surface area contributed by atoms with E-state index in [9.17, 15) is 13.2 Å². The zero-order valence-electron chi connectivity index (χ0n) is 12.0. The summed E-state index contributed by atoms with van der Waals surface area (Å²) in [5, 5.41) is 0. The Morgan fingerprint density at radius 1 is 1.48 bits per heavy atom. The molecule has 0 N–H and O–H groups in total. The molecule has 1 aliphatic rings. The van der Waals surface area contributed by atoms with E-state index in [-0.39, 0.29) is 30.1 Å². The minimum absolute atomic E-state index is 0.0451. The van der Waals surface area contributed by atoms with E-state index in [1.165, 1.54) is 4.90 Å². The number of hydrogen-bond acceptors (Lipinski definition) is 4. The first-order chi connectivity index (χ1) is 9.78. The van der Waals surface area contributed by atoms with Crippen LogP contribution in [0.25, 0.3) is 0 Å². The molecule has 1 amide bonds. The Morgan fingerprint density at radius 3 is 2.76 bits per heavy atom. The largest absolute Gasteiger partial charge is 0.483 e. The first-order valence-electron chi connectivity index (χ1n) is 6.63. The fourth-order valence-electron chi connectivity index (χ4n) is 2.25. The van der Waals surface area contributed by atoms with E-state index in [4.69, 9.17) is 4.74 Å². The number of aryl methyl sites for hydroxylation is 1. The monoisotopic (exact) mass is 375 g/mol. The molecular weight excluding hydrogens is 358 g/mol. The van der Waals surface area contributed by atoms with E-state index in [1.807, 2.05) is 19.1 Å². The van der Waals surface area contributed by atoms with Crippen LogP contribution in [0.5, 0.6) is 5.75 Å². The summed E-state index contributed by atoms with van der Waals surface area (Å²) >= 11 is 3.39. The number of hydrogen-bond donors (Lipinski definition) is 0. The quantitative estimate of drug-likeness (QED) is 0.804. The van der Waals surface area contributed by atoms with Gasteiger partial charge in [-0.05, 0) is 47.0 Å². The minimum Gasteiger partial charge on any atom is -0.483 e. The van der Waals surface area contributed by atoms with E-state index < -0.39 is 9.84 Å². The molecule has 0 radical (unpaired) electrons. The van der Waals surface area contributed by atoms with Gasteiger partial charge in [0.25, 0.3) is 5.91 Å². The first-order valence-corrected chi connectivity index (χ1v) is 9.25. The summed E-state index contributed by atoms with van der Waals surface area (Å²) < 4.78 is 29.2. The van der Waals surface area contributed by atoms with Crippen LogP contribution in [0.15, 0.2) is 22.7 Å². The van der Waals surface area contributed by atoms with Crippen molar-refractivity contribution in [2.45, 2.75) is 19.4 Å². The highest BCUT2D eigenvalue weighted by molar-refractivity contribution is 9.10. The average Bonchev–Trinajstić information content (AvgIpc) is 2.77. The van der Waals surface area contributed by atoms with E-state index in [2.05, 4.69) is 15.9 Å². The lowest BCUT2D eigenvalue weighted by atomic mass is 10.2. The van der Waals surface area contributed by atoms with E-state index in [0.29, 0.717) is 12.2 Å². The summed E-state index contributed by atoms with van der Waals surface area (Å²) in [6.45, 7) is 1.86. The Hall–Kier alpha value is -1.08. The number of rotatable bonds is 4. The molecule has 2 rings (SSSR count). The second-order valence-corrected chi connectivity index (χ2v) is 8.37. The van der Waals surface area contributed by atoms with Crippen molar-refractivity contribution in [3.05, 3.63) is 28.2 Å². The van der Waals surface area contributed by atoms with Crippen molar-refractivity contribution in [2.24, 2.45) is 0 Å². The molecule has 1 atom stereocenters. The number of halogens is 1. The number of ether oxygens (including phenoxy) is 1. The highest BCUT2D eigenvalue weighted by Crippen LogP contribution is 2.26. The number of benzene rings is 1. The molecule has 1 aromatic carbocycles. The molecular formula is C14H18BrNO4S. The Bertz CT molecular complexity index is 644. The van der Waals surface area contributed by atoms with E-state index in [1.54, 1.807) is 13.1 Å². The molecule has 5 nitrogen and oxygen atoms in total. The Balaban J connectivity index is 1.92. The van der Waals surface area contributed by atoms with Gasteiger partial charge in [-0.3, -0.25) is 4.79 Å². The van der Waals surface area contributed by atoms with Crippen LogP contribution >= 0.6 is 15.9 Å². The molecule has 0 saturated carbocycles. The highest BCUT2D eigenvalue weighted by Gasteiger charge is 2.32. The summed E-state index contributed by atoms with van der Waals surface area (Å²) in [5.41, 5.74) is 1.09. The maximum atomic E-state index is 12.1. The Morgan fingerprint density at radius 2 is 2.19 bits per heavy atom. The SMILES string of the molecule is Cc1ccc(OCC(=O)N(C)[C@H]2CCS(=O)(=O)C2)c(Br)c1. The van der Waals surface area contributed by atoms with Crippen molar-refractivity contribution >= 4 is 31.7 Å². The van der Waals surface area contributed by atoms with Gasteiger partial charge in [0.1, 0.15) is 5.75 Å². The number of nitrogens with zero attached hydrogens (tertiary/aromatic N) is 1. The van der Waals surface area contributed by atoms with Gasteiger partial charge in [0, 0.05) is 13.1 Å². The fourth-order valence-corrected chi connectivity index (χ4v) is 4.63. The van der Waals surface area contributed by atoms with E-state index >= 15 is 0 Å². The van der Waals surface area contributed by atoms with Gasteiger partial charge < -0.3 is 9.64 Å². The minimum atomic E-state index is -2.99. The molecule has 1 heterocycles. The number of amides is 1. The van der Waals surface area contributed by atoms with Crippen molar-refractivity contribution in [3.8, 4) is 5.75 Å². The third-order valence-corrected chi connectivity index (χ3v) is 5.96. The number of carbonyl (C=O) groups excluding carboxylic acids is 1. The molecule has 7 heteroatoms. The standard InChI is InChI=1S/C14H18BrNO4S/c1-10-3-4-13(12(15)7-10)20-8-14(17)16(2)11-5-6-21(18,19)9-11/h3-4,7,11H,5-6,8-9H2,1-2H3/t11-/m0/s1. The van der Waals surface area contributed by atoms with Gasteiger partial charge in [-0.25, -0.2) is 8.42 Å². The molecule has 1 aromatic rings. The van der Waals surface area contributed by atoms with Gasteiger partial charge in [0.2, 0.25) is 0 Å². The topological polar surface area (TPSA) is 63.7 Å². The predicted octanol–water partition coefficient (Wildman–Crippen LogP) is 1.78. The molecule has 0 spiro atoms. The third-order valence-electron chi connectivity index (χ3n) is 3.59. The predicted molar refractivity (Wildman–Crippen MR) is 84.2 cm³/mol. The number of likely N-dealkylation sites (N-methyl/N-ethyl adjacent to an activating group) is 1. The van der Waals surface area contributed by atoms with Crippen molar-refractivity contribution in [1.29, 1.82) is 0 Å². The second kappa shape index (κ2) is 6.36. The fraction of sp³-hybridized carbons (Fsp3) is 0.500. The molecule has 0 aliphatic carbocycles. The lowest BCUT2D eigenvalue weighted by Crippen LogP contribution is -2.40. The molecule has 1 fully saturated rings. The smallest absolute Gasteiger partial charge is 0.260 e. The van der Waals surface area contributed by atoms with Crippen LogP contribution in [0.2, 0.25) is 0 Å². The first kappa shape index (κ1) is 16.3. The summed E-state index contributed by atoms with van der Waals surface area (Å²) in [6, 6.07) is 5.37. The Labute approximate surface area is 133 Å². The maximum Gasteiger partial charge on any atom is 0.260 e. The van der Waals surface area contributed by atoms with Crippen molar-refractivity contribution in [3.63, 3.8) is 0 Å². The lowest BCUT2D eigenvalue weighted by Gasteiger charge is -2.23. The van der Waals surface area contributed by atoms with Crippen LogP contribution in [0.1, 0.15) is 12.0 Å². The van der Waals surface area contributed by atoms with Crippen molar-refractivity contribution in [1.82, 2.24) is 4.90 Å². The summed E-state index contributed by atoms with van der Waals surface area (Å²) in [6.07, 6.45) is 0.499. The van der Waals surface area contributed by atoms with Gasteiger partial charge in [-0.1, -0.05) is 6.07 Å². The van der Waals surface area contributed by atoms with Gasteiger partial charge in [-0.2, -0.15) is 0 Å². The molecule has 0 bridgehead atoms. The zero-order valence-corrected chi connectivity index (χ0v) is 14.4. The van der Waals surface area contributed by atoms with Gasteiger partial charge in [-0.15, -0.1) is 0 Å². The zero-order chi connectivity index (χ0) is 15.6. The maximum absolute atomic E-state index is 12.1. The third kappa shape index (κ3) is 4.20. The van der Waals surface area contributed by atoms with E-state index in [0.717, 1.165) is 10.0 Å². The number of carbonyl (C=O) groups is 1. The summed E-state index contributed by atoms with van der Waals surface area (Å²) in [4.78, 5) is 13.6. The molecule has 0 unspecified atom stereocenters. The molecule has 116 valence electrons. The highest BCUT2D eigenvalue weighted by atomic mass is 79.9. The van der Waals surface area contributed by atoms with Crippen LogP contribution in [0.3, 0.4) is 0 Å². The van der Waals surface area contributed by atoms with Crippen molar-refractivity contribution < 1.29 is 17.9 Å². The normalized spacial score (nSPS) is 20.2. The van der Waals surface area contributed by atoms with Crippen LogP contribution in [0.4, 0.5) is 0 Å². The van der Waals surface area contributed by atoms with Gasteiger partial charge >= 0.3 is 0 Å². The second-order valence-electron chi connectivity index (χ2n) is 5.28. The Kier molecular flexibility index (Phi) is 4.93. The van der Waals surface area contributed by atoms with Gasteiger partial charge in [0.15, 0.2) is 16.4 Å². The van der Waals surface area contributed by atoms with Crippen LogP contribution in [0, 0.1) is 6.92 Å². The van der Waals surface area contributed by atoms with Gasteiger partial charge in [0.05, 0.1) is 16.0 Å². The molecule has 1 saturated heterocycles. The molecule has 1 aliphatic heterocycles. The average molecular weight is 376 g/mol. The molecule has 0 aromatic heterocycles. The summed E-state index contributed by atoms with van der Waals surface area (Å²) in [5.74, 6) is 0.578. The van der Waals surface area contributed by atoms with Crippen LogP contribution in [-0.4, -0.2) is 50.4 Å². The van der Waals surface area contributed by atoms with Crippen LogP contribution < -0.4 is 4.74 Å². The van der Waals surface area contributed by atoms with Crippen LogP contribution in [-0.2, 0) is 14.6 Å². The summed E-state index contributed by atoms with van der Waals surface area (Å²) in [7, 11) is -1.37. The number of sulfone groups is 1. The van der Waals surface area contributed by atoms with Crippen molar-refractivity contribution in [2.75, 3.05) is 25.2 Å². The lowest BCUT2D eigenvalue weighted by molar-refractivity contribution is -0.133. The molecule has 21 heavy (non-hydrogen) atoms.